The number of hydrogen-bond donors (Lipinski definition) is 2. The molecule has 0 bridgehead atoms. The number of sulfonamides is 1. The molecule has 2 rings (SSSR count). The molecule has 26 heavy (non-hydrogen) atoms. The average Bonchev–Trinajstić information content (AvgIpc) is 2.65. The van der Waals surface area contributed by atoms with Crippen molar-refractivity contribution in [3.8, 4) is 0 Å². The molecule has 154 valence electrons. The lowest BCUT2D eigenvalue weighted by Gasteiger charge is -2.36. The van der Waals surface area contributed by atoms with Crippen LogP contribution in [0, 0.1) is 0 Å². The third-order valence-electron chi connectivity index (χ3n) is 5.44. The van der Waals surface area contributed by atoms with Crippen molar-refractivity contribution in [3.05, 3.63) is 0 Å². The quantitative estimate of drug-likeness (QED) is 0.328. The van der Waals surface area contributed by atoms with E-state index < -0.39 is 10.0 Å². The van der Waals surface area contributed by atoms with Gasteiger partial charge in [0, 0.05) is 38.8 Å². The van der Waals surface area contributed by atoms with E-state index in [4.69, 9.17) is 0 Å². The lowest BCUT2D eigenvalue weighted by Crippen LogP contribution is -2.53. The van der Waals surface area contributed by atoms with Crippen molar-refractivity contribution >= 4 is 40.0 Å². The number of hydrogen-bond acceptors (Lipinski definition) is 4. The Morgan fingerprint density at radius 1 is 1.12 bits per heavy atom. The van der Waals surface area contributed by atoms with Crippen molar-refractivity contribution in [2.75, 3.05) is 45.5 Å². The van der Waals surface area contributed by atoms with Crippen molar-refractivity contribution in [2.45, 2.75) is 58.0 Å². The lowest BCUT2D eigenvalue weighted by atomic mass is 10.0. The SMILES string of the molecule is CCN1CCCCC1CNC(=NC)NC1CCN(S(=O)(=O)CC)CC1.I. The summed E-state index contributed by atoms with van der Waals surface area (Å²) < 4.78 is 25.5. The van der Waals surface area contributed by atoms with Gasteiger partial charge in [-0.05, 0) is 45.7 Å². The van der Waals surface area contributed by atoms with Crippen LogP contribution < -0.4 is 10.6 Å². The van der Waals surface area contributed by atoms with Crippen LogP contribution in [0.2, 0.25) is 0 Å². The first-order valence-electron chi connectivity index (χ1n) is 9.69. The second kappa shape index (κ2) is 11.7. The van der Waals surface area contributed by atoms with E-state index in [0.29, 0.717) is 19.1 Å². The van der Waals surface area contributed by atoms with Gasteiger partial charge in [0.05, 0.1) is 5.75 Å². The number of likely N-dealkylation sites (tertiary alicyclic amines) is 1. The predicted molar refractivity (Wildman–Crippen MR) is 119 cm³/mol. The highest BCUT2D eigenvalue weighted by molar-refractivity contribution is 14.0. The van der Waals surface area contributed by atoms with Gasteiger partial charge in [-0.1, -0.05) is 13.3 Å². The zero-order chi connectivity index (χ0) is 18.3. The highest BCUT2D eigenvalue weighted by Crippen LogP contribution is 2.16. The van der Waals surface area contributed by atoms with E-state index in [-0.39, 0.29) is 35.8 Å². The van der Waals surface area contributed by atoms with Crippen LogP contribution in [0.25, 0.3) is 0 Å². The van der Waals surface area contributed by atoms with Gasteiger partial charge in [-0.25, -0.2) is 12.7 Å². The summed E-state index contributed by atoms with van der Waals surface area (Å²) >= 11 is 0. The monoisotopic (exact) mass is 501 g/mol. The molecule has 2 fully saturated rings. The standard InChI is InChI=1S/C17H35N5O2S.HI/c1-4-21-11-7-6-8-16(21)14-19-17(18-3)20-15-9-12-22(13-10-15)25(23,24)5-2;/h15-16H,4-14H2,1-3H3,(H2,18,19,20);1H. The van der Waals surface area contributed by atoms with Crippen LogP contribution >= 0.6 is 24.0 Å². The molecule has 2 N–H and O–H groups in total. The van der Waals surface area contributed by atoms with E-state index in [0.717, 1.165) is 31.9 Å². The fraction of sp³-hybridized carbons (Fsp3) is 0.941. The Bertz CT molecular complexity index is 535. The molecule has 0 aromatic rings. The second-order valence-electron chi connectivity index (χ2n) is 6.95. The van der Waals surface area contributed by atoms with E-state index in [1.54, 1.807) is 18.3 Å². The largest absolute Gasteiger partial charge is 0.355 e. The molecule has 0 amide bonds. The maximum atomic E-state index is 11.9. The minimum atomic E-state index is -3.06. The first-order valence-corrected chi connectivity index (χ1v) is 11.3. The van der Waals surface area contributed by atoms with Crippen LogP contribution in [0.15, 0.2) is 4.99 Å². The van der Waals surface area contributed by atoms with Gasteiger partial charge in [-0.3, -0.25) is 9.89 Å². The van der Waals surface area contributed by atoms with Gasteiger partial charge in [0.25, 0.3) is 0 Å². The Hall–Kier alpha value is -0.130. The molecule has 7 nitrogen and oxygen atoms in total. The summed E-state index contributed by atoms with van der Waals surface area (Å²) in [5.41, 5.74) is 0. The third-order valence-corrected chi connectivity index (χ3v) is 7.32. The number of nitrogens with one attached hydrogen (secondary N) is 2. The minimum absolute atomic E-state index is 0. The van der Waals surface area contributed by atoms with E-state index >= 15 is 0 Å². The van der Waals surface area contributed by atoms with Gasteiger partial charge < -0.3 is 10.6 Å². The van der Waals surface area contributed by atoms with Gasteiger partial charge in [0.2, 0.25) is 10.0 Å². The molecule has 1 atom stereocenters. The Balaban J connectivity index is 0.00000338. The van der Waals surface area contributed by atoms with Gasteiger partial charge in [0.1, 0.15) is 0 Å². The van der Waals surface area contributed by atoms with Crippen molar-refractivity contribution in [3.63, 3.8) is 0 Å². The predicted octanol–water partition coefficient (Wildman–Crippen LogP) is 1.46. The number of rotatable bonds is 6. The molecule has 0 spiro atoms. The molecule has 0 aromatic carbocycles. The molecular formula is C17H36IN5O2S. The summed E-state index contributed by atoms with van der Waals surface area (Å²) in [4.78, 5) is 6.88. The van der Waals surface area contributed by atoms with Crippen LogP contribution in [-0.4, -0.2) is 81.2 Å². The number of aliphatic imine (C=N–C) groups is 1. The highest BCUT2D eigenvalue weighted by atomic mass is 127. The lowest BCUT2D eigenvalue weighted by molar-refractivity contribution is 0.157. The normalized spacial score (nSPS) is 24.1. The molecule has 0 aromatic heterocycles. The maximum absolute atomic E-state index is 11.9. The topological polar surface area (TPSA) is 77.0 Å². The zero-order valence-electron chi connectivity index (χ0n) is 16.4. The maximum Gasteiger partial charge on any atom is 0.213 e. The van der Waals surface area contributed by atoms with Gasteiger partial charge in [-0.2, -0.15) is 0 Å². The Morgan fingerprint density at radius 3 is 2.38 bits per heavy atom. The third kappa shape index (κ3) is 6.79. The van der Waals surface area contributed by atoms with Crippen molar-refractivity contribution < 1.29 is 8.42 Å². The number of piperidine rings is 2. The molecule has 2 heterocycles. The summed E-state index contributed by atoms with van der Waals surface area (Å²) in [7, 11) is -1.26. The molecule has 0 radical (unpaired) electrons. The summed E-state index contributed by atoms with van der Waals surface area (Å²) in [6.45, 7) is 8.33. The van der Waals surface area contributed by atoms with E-state index in [1.807, 2.05) is 0 Å². The van der Waals surface area contributed by atoms with E-state index in [2.05, 4.69) is 27.4 Å². The van der Waals surface area contributed by atoms with E-state index in [9.17, 15) is 8.42 Å². The average molecular weight is 501 g/mol. The Labute approximate surface area is 176 Å². The van der Waals surface area contributed by atoms with Gasteiger partial charge >= 0.3 is 0 Å². The summed E-state index contributed by atoms with van der Waals surface area (Å²) in [5.74, 6) is 1.02. The van der Waals surface area contributed by atoms with Crippen molar-refractivity contribution in [1.29, 1.82) is 0 Å². The minimum Gasteiger partial charge on any atom is -0.355 e. The van der Waals surface area contributed by atoms with Crippen LogP contribution in [0.5, 0.6) is 0 Å². The molecule has 2 aliphatic heterocycles. The summed E-state index contributed by atoms with van der Waals surface area (Å²) in [6, 6.07) is 0.858. The first kappa shape index (κ1) is 23.9. The highest BCUT2D eigenvalue weighted by Gasteiger charge is 2.27. The zero-order valence-corrected chi connectivity index (χ0v) is 19.6. The molecule has 2 aliphatic rings. The number of halogens is 1. The number of nitrogens with zero attached hydrogens (tertiary/aromatic N) is 3. The summed E-state index contributed by atoms with van der Waals surface area (Å²) in [5, 5.41) is 6.94. The number of likely N-dealkylation sites (N-methyl/N-ethyl adjacent to an activating group) is 1. The molecule has 2 saturated heterocycles. The Kier molecular flexibility index (Phi) is 10.7. The van der Waals surface area contributed by atoms with Crippen LogP contribution in [-0.2, 0) is 10.0 Å². The fourth-order valence-electron chi connectivity index (χ4n) is 3.77. The van der Waals surface area contributed by atoms with Gasteiger partial charge in [-0.15, -0.1) is 24.0 Å². The first-order chi connectivity index (χ1) is 12.0. The number of guanidine groups is 1. The van der Waals surface area contributed by atoms with Crippen LogP contribution in [0.4, 0.5) is 0 Å². The second-order valence-corrected chi connectivity index (χ2v) is 9.21. The summed E-state index contributed by atoms with van der Waals surface area (Å²) in [6.07, 6.45) is 5.50. The van der Waals surface area contributed by atoms with Crippen molar-refractivity contribution in [1.82, 2.24) is 19.8 Å². The molecule has 0 saturated carbocycles. The van der Waals surface area contributed by atoms with E-state index in [1.165, 1.54) is 25.8 Å². The molecule has 9 heteroatoms. The van der Waals surface area contributed by atoms with Crippen molar-refractivity contribution in [2.24, 2.45) is 4.99 Å². The fourth-order valence-corrected chi connectivity index (χ4v) is 4.90. The van der Waals surface area contributed by atoms with Crippen LogP contribution in [0.3, 0.4) is 0 Å². The molecule has 0 aliphatic carbocycles. The Morgan fingerprint density at radius 2 is 1.81 bits per heavy atom. The molecular weight excluding hydrogens is 465 g/mol. The van der Waals surface area contributed by atoms with Crippen LogP contribution in [0.1, 0.15) is 46.0 Å². The smallest absolute Gasteiger partial charge is 0.213 e. The van der Waals surface area contributed by atoms with Gasteiger partial charge in [0.15, 0.2) is 5.96 Å². The molecule has 1 unspecified atom stereocenters.